The van der Waals surface area contributed by atoms with Gasteiger partial charge in [0.15, 0.2) is 0 Å². The van der Waals surface area contributed by atoms with Crippen LogP contribution in [0.25, 0.3) is 22.2 Å². The normalized spacial score (nSPS) is 23.1. The lowest BCUT2D eigenvalue weighted by atomic mass is 9.81. The molecule has 0 saturated heterocycles. The van der Waals surface area contributed by atoms with E-state index in [9.17, 15) is 13.2 Å². The zero-order valence-corrected chi connectivity index (χ0v) is 15.5. The van der Waals surface area contributed by atoms with Crippen LogP contribution in [0, 0.1) is 0 Å². The van der Waals surface area contributed by atoms with Gasteiger partial charge in [-0.3, -0.25) is 0 Å². The third kappa shape index (κ3) is 3.69. The summed E-state index contributed by atoms with van der Waals surface area (Å²) in [6.45, 7) is 1.99. The number of alkyl halides is 3. The van der Waals surface area contributed by atoms with Crippen LogP contribution in [-0.2, 0) is 6.18 Å². The first-order valence-electron chi connectivity index (χ1n) is 9.29. The van der Waals surface area contributed by atoms with Crippen molar-refractivity contribution in [2.75, 3.05) is 5.32 Å². The molecule has 0 radical (unpaired) electrons. The number of fused-ring (bicyclic) bond motifs is 1. The number of aromatic nitrogens is 3. The number of nitrogens with zero attached hydrogens (tertiary/aromatic N) is 2. The largest absolute Gasteiger partial charge is 0.419 e. The van der Waals surface area contributed by atoms with Crippen LogP contribution >= 0.6 is 0 Å². The molecule has 5 nitrogen and oxygen atoms in total. The molecule has 0 aliphatic heterocycles. The van der Waals surface area contributed by atoms with Crippen molar-refractivity contribution in [3.63, 3.8) is 0 Å². The number of para-hydroxylation sites is 1. The van der Waals surface area contributed by atoms with E-state index in [2.05, 4.69) is 20.3 Å². The number of nitrogens with two attached hydrogens (primary N) is 1. The van der Waals surface area contributed by atoms with E-state index in [1.165, 1.54) is 0 Å². The van der Waals surface area contributed by atoms with Gasteiger partial charge in [0.1, 0.15) is 5.56 Å². The molecule has 3 aromatic rings. The zero-order chi connectivity index (χ0) is 19.9. The molecular formula is C20H22F3N5. The molecule has 2 aromatic heterocycles. The molecule has 2 heterocycles. The molecular weight excluding hydrogens is 367 g/mol. The Bertz CT molecular complexity index is 993. The molecule has 1 aliphatic rings. The van der Waals surface area contributed by atoms with E-state index in [-0.39, 0.29) is 23.2 Å². The summed E-state index contributed by atoms with van der Waals surface area (Å²) in [6, 6.07) is 7.25. The van der Waals surface area contributed by atoms with Gasteiger partial charge >= 0.3 is 6.18 Å². The predicted molar refractivity (Wildman–Crippen MR) is 103 cm³/mol. The van der Waals surface area contributed by atoms with Gasteiger partial charge in [-0.05, 0) is 38.7 Å². The summed E-state index contributed by atoms with van der Waals surface area (Å²) in [5.41, 5.74) is 6.12. The van der Waals surface area contributed by atoms with Crippen LogP contribution in [0.2, 0.25) is 0 Å². The second kappa shape index (κ2) is 6.77. The summed E-state index contributed by atoms with van der Waals surface area (Å²) < 4.78 is 40.8. The van der Waals surface area contributed by atoms with Gasteiger partial charge < -0.3 is 16.0 Å². The standard InChI is InChI=1S/C20H22F3N5/c1-19(24)8-4-5-12(9-19)27-18-26-11-15(20(21,22)23)17(28-18)14-10-25-16-7-3-2-6-13(14)16/h2-3,6-7,10-12,25H,4-5,8-9,24H2,1H3,(H,26,27,28). The maximum Gasteiger partial charge on any atom is 0.419 e. The van der Waals surface area contributed by atoms with E-state index in [0.717, 1.165) is 37.4 Å². The molecule has 0 spiro atoms. The van der Waals surface area contributed by atoms with Crippen molar-refractivity contribution in [3.05, 3.63) is 42.2 Å². The van der Waals surface area contributed by atoms with E-state index in [1.54, 1.807) is 18.3 Å². The highest BCUT2D eigenvalue weighted by atomic mass is 19.4. The molecule has 1 fully saturated rings. The van der Waals surface area contributed by atoms with Gasteiger partial charge in [-0.1, -0.05) is 18.2 Å². The molecule has 0 amide bonds. The second-order valence-corrected chi connectivity index (χ2v) is 7.79. The number of H-pyrrole nitrogens is 1. The summed E-state index contributed by atoms with van der Waals surface area (Å²) in [7, 11) is 0. The Morgan fingerprint density at radius 3 is 2.82 bits per heavy atom. The average molecular weight is 389 g/mol. The molecule has 1 aliphatic carbocycles. The van der Waals surface area contributed by atoms with E-state index in [1.807, 2.05) is 19.1 Å². The number of benzene rings is 1. The van der Waals surface area contributed by atoms with Gasteiger partial charge in [0, 0.05) is 40.4 Å². The smallest absolute Gasteiger partial charge is 0.360 e. The minimum Gasteiger partial charge on any atom is -0.360 e. The molecule has 0 bridgehead atoms. The Balaban J connectivity index is 1.74. The first kappa shape index (κ1) is 18.7. The summed E-state index contributed by atoms with van der Waals surface area (Å²) in [5.74, 6) is 0.191. The number of hydrogen-bond donors (Lipinski definition) is 3. The molecule has 4 rings (SSSR count). The van der Waals surface area contributed by atoms with Crippen LogP contribution in [0.3, 0.4) is 0 Å². The van der Waals surface area contributed by atoms with E-state index in [0.29, 0.717) is 10.9 Å². The Morgan fingerprint density at radius 1 is 1.29 bits per heavy atom. The van der Waals surface area contributed by atoms with E-state index in [4.69, 9.17) is 5.73 Å². The minimum atomic E-state index is -4.55. The minimum absolute atomic E-state index is 0.0382. The molecule has 4 N–H and O–H groups in total. The number of anilines is 1. The zero-order valence-electron chi connectivity index (χ0n) is 15.5. The van der Waals surface area contributed by atoms with Crippen molar-refractivity contribution in [2.45, 2.75) is 50.4 Å². The lowest BCUT2D eigenvalue weighted by molar-refractivity contribution is -0.137. The van der Waals surface area contributed by atoms with Gasteiger partial charge in [0.25, 0.3) is 0 Å². The van der Waals surface area contributed by atoms with Crippen molar-refractivity contribution in [3.8, 4) is 11.3 Å². The monoisotopic (exact) mass is 389 g/mol. The molecule has 148 valence electrons. The van der Waals surface area contributed by atoms with Crippen LogP contribution in [-0.4, -0.2) is 26.5 Å². The van der Waals surface area contributed by atoms with Crippen molar-refractivity contribution in [1.29, 1.82) is 0 Å². The SMILES string of the molecule is CC1(N)CCCC(Nc2ncc(C(F)(F)F)c(-c3c[nH]c4ccccc34)n2)C1. The lowest BCUT2D eigenvalue weighted by Crippen LogP contribution is -2.45. The highest BCUT2D eigenvalue weighted by molar-refractivity contribution is 5.95. The molecule has 8 heteroatoms. The second-order valence-electron chi connectivity index (χ2n) is 7.79. The third-order valence-corrected chi connectivity index (χ3v) is 5.28. The van der Waals surface area contributed by atoms with Gasteiger partial charge in [-0.25, -0.2) is 9.97 Å². The molecule has 1 saturated carbocycles. The molecule has 1 aromatic carbocycles. The van der Waals surface area contributed by atoms with Crippen LogP contribution in [0.1, 0.15) is 38.2 Å². The average Bonchev–Trinajstić information content (AvgIpc) is 3.04. The third-order valence-electron chi connectivity index (χ3n) is 5.28. The summed E-state index contributed by atoms with van der Waals surface area (Å²) in [5, 5.41) is 3.87. The fourth-order valence-corrected chi connectivity index (χ4v) is 3.96. The predicted octanol–water partition coefficient (Wildman–Crippen LogP) is 4.72. The van der Waals surface area contributed by atoms with Crippen LogP contribution in [0.15, 0.2) is 36.7 Å². The number of aromatic amines is 1. The Kier molecular flexibility index (Phi) is 4.53. The van der Waals surface area contributed by atoms with E-state index >= 15 is 0 Å². The van der Waals surface area contributed by atoms with Crippen molar-refractivity contribution in [2.24, 2.45) is 5.73 Å². The summed E-state index contributed by atoms with van der Waals surface area (Å²) >= 11 is 0. The topological polar surface area (TPSA) is 79.6 Å². The number of halogens is 3. The van der Waals surface area contributed by atoms with E-state index < -0.39 is 11.7 Å². The summed E-state index contributed by atoms with van der Waals surface area (Å²) in [6.07, 6.45) is 1.37. The first-order valence-corrected chi connectivity index (χ1v) is 9.29. The number of rotatable bonds is 3. The maximum absolute atomic E-state index is 13.6. The number of hydrogen-bond acceptors (Lipinski definition) is 4. The Labute approximate surface area is 160 Å². The fourth-order valence-electron chi connectivity index (χ4n) is 3.96. The summed E-state index contributed by atoms with van der Waals surface area (Å²) in [4.78, 5) is 11.2. The Hall–Kier alpha value is -2.61. The molecule has 2 atom stereocenters. The maximum atomic E-state index is 13.6. The van der Waals surface area contributed by atoms with Gasteiger partial charge in [0.2, 0.25) is 5.95 Å². The molecule has 28 heavy (non-hydrogen) atoms. The highest BCUT2D eigenvalue weighted by Gasteiger charge is 2.36. The quantitative estimate of drug-likeness (QED) is 0.606. The number of nitrogens with one attached hydrogen (secondary N) is 2. The van der Waals surface area contributed by atoms with Gasteiger partial charge in [-0.15, -0.1) is 0 Å². The Morgan fingerprint density at radius 2 is 2.07 bits per heavy atom. The fraction of sp³-hybridized carbons (Fsp3) is 0.400. The van der Waals surface area contributed by atoms with Gasteiger partial charge in [-0.2, -0.15) is 13.2 Å². The van der Waals surface area contributed by atoms with Crippen molar-refractivity contribution < 1.29 is 13.2 Å². The lowest BCUT2D eigenvalue weighted by Gasteiger charge is -2.35. The highest BCUT2D eigenvalue weighted by Crippen LogP contribution is 2.38. The van der Waals surface area contributed by atoms with Crippen LogP contribution in [0.4, 0.5) is 19.1 Å². The van der Waals surface area contributed by atoms with Crippen molar-refractivity contribution >= 4 is 16.9 Å². The van der Waals surface area contributed by atoms with Crippen molar-refractivity contribution in [1.82, 2.24) is 15.0 Å². The molecule has 2 unspecified atom stereocenters. The van der Waals surface area contributed by atoms with Gasteiger partial charge in [0.05, 0.1) is 5.69 Å². The van der Waals surface area contributed by atoms with Crippen LogP contribution < -0.4 is 11.1 Å². The van der Waals surface area contributed by atoms with Crippen LogP contribution in [0.5, 0.6) is 0 Å². The first-order chi connectivity index (χ1) is 13.2.